The molecule has 0 aliphatic rings. The smallest absolute Gasteiger partial charge is 0.303 e. The van der Waals surface area contributed by atoms with E-state index in [9.17, 15) is 4.79 Å². The van der Waals surface area contributed by atoms with Crippen LogP contribution in [-0.4, -0.2) is 25.8 Å². The second kappa shape index (κ2) is 4.74. The van der Waals surface area contributed by atoms with Gasteiger partial charge in [-0.15, -0.1) is 10.2 Å². The molecule has 0 spiro atoms. The molecule has 0 saturated heterocycles. The van der Waals surface area contributed by atoms with Crippen LogP contribution in [0, 0.1) is 5.92 Å². The molecule has 14 heavy (non-hydrogen) atoms. The number of carbonyl (C=O) groups is 1. The Morgan fingerprint density at radius 2 is 2.43 bits per heavy atom. The zero-order chi connectivity index (χ0) is 10.6. The van der Waals surface area contributed by atoms with Gasteiger partial charge in [0.15, 0.2) is 0 Å². The van der Waals surface area contributed by atoms with Gasteiger partial charge in [0, 0.05) is 19.4 Å². The van der Waals surface area contributed by atoms with Gasteiger partial charge in [-0.25, -0.2) is 0 Å². The van der Waals surface area contributed by atoms with Crippen LogP contribution in [0.1, 0.15) is 26.1 Å². The summed E-state index contributed by atoms with van der Waals surface area (Å²) in [6.45, 7) is 4.74. The molecule has 1 N–H and O–H groups in total. The Balaban J connectivity index is 2.55. The van der Waals surface area contributed by atoms with E-state index in [0.717, 1.165) is 12.4 Å². The monoisotopic (exact) mass is 197 g/mol. The summed E-state index contributed by atoms with van der Waals surface area (Å²) in [6, 6.07) is 0. The van der Waals surface area contributed by atoms with Gasteiger partial charge in [0.1, 0.15) is 12.2 Å². The lowest BCUT2D eigenvalue weighted by Crippen LogP contribution is -2.11. The molecule has 1 aromatic heterocycles. The van der Waals surface area contributed by atoms with Crippen molar-refractivity contribution in [2.24, 2.45) is 5.92 Å². The molecular formula is C9H15N3O2. The molecule has 78 valence electrons. The maximum absolute atomic E-state index is 10.4. The summed E-state index contributed by atoms with van der Waals surface area (Å²) in [6.07, 6.45) is 2.51. The van der Waals surface area contributed by atoms with Crippen molar-refractivity contribution in [3.8, 4) is 0 Å². The Bertz CT molecular complexity index is 309. The number of aromatic nitrogens is 3. The van der Waals surface area contributed by atoms with E-state index < -0.39 is 5.97 Å². The van der Waals surface area contributed by atoms with Crippen LogP contribution in [0.3, 0.4) is 0 Å². The first kappa shape index (κ1) is 10.7. The highest BCUT2D eigenvalue weighted by Crippen LogP contribution is 2.09. The Morgan fingerprint density at radius 1 is 1.71 bits per heavy atom. The lowest BCUT2D eigenvalue weighted by atomic mass is 10.0. The van der Waals surface area contributed by atoms with Crippen molar-refractivity contribution in [2.45, 2.75) is 33.2 Å². The third-order valence-corrected chi connectivity index (χ3v) is 2.09. The quantitative estimate of drug-likeness (QED) is 0.763. The predicted molar refractivity (Wildman–Crippen MR) is 50.8 cm³/mol. The second-order valence-electron chi connectivity index (χ2n) is 3.44. The molecule has 5 heteroatoms. The van der Waals surface area contributed by atoms with E-state index in [0.29, 0.717) is 6.42 Å². The summed E-state index contributed by atoms with van der Waals surface area (Å²) in [5.74, 6) is 0.198. The maximum atomic E-state index is 10.4. The number of carboxylic acid groups (broad SMARTS) is 1. The van der Waals surface area contributed by atoms with Gasteiger partial charge in [0.25, 0.3) is 0 Å². The second-order valence-corrected chi connectivity index (χ2v) is 3.44. The molecule has 1 unspecified atom stereocenters. The zero-order valence-corrected chi connectivity index (χ0v) is 8.47. The SMILES string of the molecule is CCn1cnnc1CC(C)CC(=O)O. The van der Waals surface area contributed by atoms with E-state index in [1.54, 1.807) is 6.33 Å². The molecule has 0 fully saturated rings. The maximum Gasteiger partial charge on any atom is 0.303 e. The molecule has 0 saturated carbocycles. The molecule has 0 aliphatic heterocycles. The van der Waals surface area contributed by atoms with Crippen LogP contribution in [0.25, 0.3) is 0 Å². The van der Waals surface area contributed by atoms with Crippen molar-refractivity contribution >= 4 is 5.97 Å². The summed E-state index contributed by atoms with van der Waals surface area (Å²) in [5, 5.41) is 16.3. The number of hydrogen-bond acceptors (Lipinski definition) is 3. The molecule has 1 heterocycles. The minimum Gasteiger partial charge on any atom is -0.481 e. The highest BCUT2D eigenvalue weighted by atomic mass is 16.4. The van der Waals surface area contributed by atoms with Gasteiger partial charge in [-0.3, -0.25) is 4.79 Å². The van der Waals surface area contributed by atoms with Gasteiger partial charge in [-0.05, 0) is 12.8 Å². The van der Waals surface area contributed by atoms with Crippen molar-refractivity contribution in [1.29, 1.82) is 0 Å². The Morgan fingerprint density at radius 3 is 3.00 bits per heavy atom. The van der Waals surface area contributed by atoms with E-state index in [4.69, 9.17) is 5.11 Å². The van der Waals surface area contributed by atoms with Crippen LogP contribution in [-0.2, 0) is 17.8 Å². The largest absolute Gasteiger partial charge is 0.481 e. The van der Waals surface area contributed by atoms with Crippen LogP contribution in [0.5, 0.6) is 0 Å². The van der Waals surface area contributed by atoms with E-state index >= 15 is 0 Å². The van der Waals surface area contributed by atoms with Crippen LogP contribution in [0.2, 0.25) is 0 Å². The molecular weight excluding hydrogens is 182 g/mol. The number of aliphatic carboxylic acids is 1. The third-order valence-electron chi connectivity index (χ3n) is 2.09. The third kappa shape index (κ3) is 2.83. The van der Waals surface area contributed by atoms with Crippen molar-refractivity contribution in [3.63, 3.8) is 0 Å². The Hall–Kier alpha value is -1.39. The van der Waals surface area contributed by atoms with Crippen LogP contribution < -0.4 is 0 Å². The fraction of sp³-hybridized carbons (Fsp3) is 0.667. The van der Waals surface area contributed by atoms with Gasteiger partial charge >= 0.3 is 5.97 Å². The number of aryl methyl sites for hydroxylation is 1. The normalized spacial score (nSPS) is 12.7. The standard InChI is InChI=1S/C9H15N3O2/c1-3-12-6-10-11-8(12)4-7(2)5-9(13)14/h6-7H,3-5H2,1-2H3,(H,13,14). The van der Waals surface area contributed by atoms with Gasteiger partial charge in [0.05, 0.1) is 0 Å². The van der Waals surface area contributed by atoms with E-state index in [2.05, 4.69) is 10.2 Å². The number of rotatable bonds is 5. The summed E-state index contributed by atoms with van der Waals surface area (Å²) in [4.78, 5) is 10.4. The minimum atomic E-state index is -0.764. The first-order valence-corrected chi connectivity index (χ1v) is 4.72. The summed E-state index contributed by atoms with van der Waals surface area (Å²) in [5.41, 5.74) is 0. The molecule has 1 aromatic rings. The average Bonchev–Trinajstić information content (AvgIpc) is 2.50. The topological polar surface area (TPSA) is 68.0 Å². The Labute approximate surface area is 82.8 Å². The first-order valence-electron chi connectivity index (χ1n) is 4.72. The molecule has 1 atom stereocenters. The molecule has 5 nitrogen and oxygen atoms in total. The fourth-order valence-electron chi connectivity index (χ4n) is 1.38. The van der Waals surface area contributed by atoms with Crippen molar-refractivity contribution in [1.82, 2.24) is 14.8 Å². The first-order chi connectivity index (χ1) is 6.63. The van der Waals surface area contributed by atoms with Crippen LogP contribution in [0.15, 0.2) is 6.33 Å². The van der Waals surface area contributed by atoms with Crippen molar-refractivity contribution in [2.75, 3.05) is 0 Å². The molecule has 0 amide bonds. The lowest BCUT2D eigenvalue weighted by molar-refractivity contribution is -0.137. The summed E-state index contributed by atoms with van der Waals surface area (Å²) < 4.78 is 1.93. The van der Waals surface area contributed by atoms with Crippen LogP contribution >= 0.6 is 0 Å². The van der Waals surface area contributed by atoms with Crippen LogP contribution in [0.4, 0.5) is 0 Å². The molecule has 0 bridgehead atoms. The number of nitrogens with zero attached hydrogens (tertiary/aromatic N) is 3. The number of hydrogen-bond donors (Lipinski definition) is 1. The molecule has 1 rings (SSSR count). The van der Waals surface area contributed by atoms with Crippen molar-refractivity contribution < 1.29 is 9.90 Å². The Kier molecular flexibility index (Phi) is 3.62. The number of carboxylic acids is 1. The average molecular weight is 197 g/mol. The molecule has 0 aliphatic carbocycles. The lowest BCUT2D eigenvalue weighted by Gasteiger charge is -2.08. The zero-order valence-electron chi connectivity index (χ0n) is 8.47. The van der Waals surface area contributed by atoms with Gasteiger partial charge in [-0.1, -0.05) is 6.92 Å². The highest BCUT2D eigenvalue weighted by Gasteiger charge is 2.11. The predicted octanol–water partition coefficient (Wildman–Crippen LogP) is 0.951. The molecule has 0 aromatic carbocycles. The van der Waals surface area contributed by atoms with Gasteiger partial charge < -0.3 is 9.67 Å². The van der Waals surface area contributed by atoms with Gasteiger partial charge in [-0.2, -0.15) is 0 Å². The summed E-state index contributed by atoms with van der Waals surface area (Å²) >= 11 is 0. The fourth-order valence-corrected chi connectivity index (χ4v) is 1.38. The van der Waals surface area contributed by atoms with E-state index in [1.807, 2.05) is 18.4 Å². The highest BCUT2D eigenvalue weighted by molar-refractivity contribution is 5.66. The summed E-state index contributed by atoms with van der Waals surface area (Å²) in [7, 11) is 0. The van der Waals surface area contributed by atoms with E-state index in [1.165, 1.54) is 0 Å². The van der Waals surface area contributed by atoms with Gasteiger partial charge in [0.2, 0.25) is 0 Å². The van der Waals surface area contributed by atoms with Crippen molar-refractivity contribution in [3.05, 3.63) is 12.2 Å². The molecule has 0 radical (unpaired) electrons. The van der Waals surface area contributed by atoms with E-state index in [-0.39, 0.29) is 12.3 Å². The minimum absolute atomic E-state index is 0.0991.